The van der Waals surface area contributed by atoms with Crippen molar-refractivity contribution in [2.45, 2.75) is 26.4 Å². The van der Waals surface area contributed by atoms with Gasteiger partial charge >= 0.3 is 0 Å². The fourth-order valence-electron chi connectivity index (χ4n) is 2.16. The largest absolute Gasteiger partial charge is 0.448 e. The van der Waals surface area contributed by atoms with Gasteiger partial charge in [-0.2, -0.15) is 0 Å². The molecule has 1 aromatic heterocycles. The zero-order chi connectivity index (χ0) is 13.0. The lowest BCUT2D eigenvalue weighted by atomic mass is 10.1. The van der Waals surface area contributed by atoms with Crippen LogP contribution in [0.15, 0.2) is 10.8 Å². The molecular weight excluding hydrogens is 232 g/mol. The summed E-state index contributed by atoms with van der Waals surface area (Å²) in [5.41, 5.74) is 0.909. The number of carbonyl (C=O) groups excluding carboxylic acids is 1. The molecule has 0 radical (unpaired) electrons. The van der Waals surface area contributed by atoms with E-state index < -0.39 is 0 Å². The number of nitrogens with zero attached hydrogens (tertiary/aromatic N) is 2. The molecule has 100 valence electrons. The van der Waals surface area contributed by atoms with E-state index in [4.69, 9.17) is 4.42 Å². The molecule has 2 N–H and O–H groups in total. The Bertz CT molecular complexity index is 405. The minimum absolute atomic E-state index is 0.0749. The minimum Gasteiger partial charge on any atom is -0.448 e. The van der Waals surface area contributed by atoms with Gasteiger partial charge in [0.05, 0.1) is 5.69 Å². The molecule has 1 saturated heterocycles. The molecule has 1 aliphatic heterocycles. The highest BCUT2D eigenvalue weighted by Crippen LogP contribution is 2.12. The van der Waals surface area contributed by atoms with Crippen LogP contribution in [-0.4, -0.2) is 48.0 Å². The SMILES string of the molecule is CCNC(=O)C1CNCCN1Cc1ncoc1C. The maximum absolute atomic E-state index is 12.0. The molecule has 0 aliphatic carbocycles. The summed E-state index contributed by atoms with van der Waals surface area (Å²) in [5.74, 6) is 0.897. The summed E-state index contributed by atoms with van der Waals surface area (Å²) >= 11 is 0. The van der Waals surface area contributed by atoms with Crippen LogP contribution in [0.1, 0.15) is 18.4 Å². The molecule has 0 bridgehead atoms. The molecule has 2 heterocycles. The van der Waals surface area contributed by atoms with Gasteiger partial charge in [0, 0.05) is 32.7 Å². The van der Waals surface area contributed by atoms with Gasteiger partial charge in [-0.25, -0.2) is 4.98 Å². The van der Waals surface area contributed by atoms with Gasteiger partial charge in [0.15, 0.2) is 6.39 Å². The molecule has 2 rings (SSSR count). The molecule has 18 heavy (non-hydrogen) atoms. The summed E-state index contributed by atoms with van der Waals surface area (Å²) in [7, 11) is 0. The quantitative estimate of drug-likeness (QED) is 0.782. The highest BCUT2D eigenvalue weighted by Gasteiger charge is 2.28. The number of nitrogens with one attached hydrogen (secondary N) is 2. The Labute approximate surface area is 107 Å². The Morgan fingerprint density at radius 3 is 3.22 bits per heavy atom. The highest BCUT2D eigenvalue weighted by atomic mass is 16.3. The van der Waals surface area contributed by atoms with Crippen molar-refractivity contribution >= 4 is 5.91 Å². The summed E-state index contributed by atoms with van der Waals surface area (Å²) in [4.78, 5) is 18.3. The van der Waals surface area contributed by atoms with Crippen molar-refractivity contribution < 1.29 is 9.21 Å². The normalized spacial score (nSPS) is 20.9. The molecule has 1 unspecified atom stereocenters. The molecule has 1 aromatic rings. The van der Waals surface area contributed by atoms with Crippen LogP contribution >= 0.6 is 0 Å². The van der Waals surface area contributed by atoms with Gasteiger partial charge in [-0.15, -0.1) is 0 Å². The third-order valence-electron chi connectivity index (χ3n) is 3.21. The van der Waals surface area contributed by atoms with E-state index in [1.807, 2.05) is 13.8 Å². The maximum atomic E-state index is 12.0. The van der Waals surface area contributed by atoms with Crippen LogP contribution in [0.5, 0.6) is 0 Å². The topological polar surface area (TPSA) is 70.4 Å². The average molecular weight is 252 g/mol. The van der Waals surface area contributed by atoms with Gasteiger partial charge in [-0.1, -0.05) is 0 Å². The number of hydrogen-bond acceptors (Lipinski definition) is 5. The fraction of sp³-hybridized carbons (Fsp3) is 0.667. The first-order valence-electron chi connectivity index (χ1n) is 6.33. The number of aryl methyl sites for hydroxylation is 1. The van der Waals surface area contributed by atoms with Crippen molar-refractivity contribution in [3.05, 3.63) is 17.8 Å². The number of oxazole rings is 1. The van der Waals surface area contributed by atoms with E-state index in [0.29, 0.717) is 19.6 Å². The van der Waals surface area contributed by atoms with Gasteiger partial charge in [0.1, 0.15) is 11.8 Å². The second kappa shape index (κ2) is 5.97. The van der Waals surface area contributed by atoms with Crippen LogP contribution in [0, 0.1) is 6.92 Å². The fourth-order valence-corrected chi connectivity index (χ4v) is 2.16. The van der Waals surface area contributed by atoms with Crippen LogP contribution in [0.2, 0.25) is 0 Å². The molecule has 6 heteroatoms. The lowest BCUT2D eigenvalue weighted by Crippen LogP contribution is -2.57. The zero-order valence-electron chi connectivity index (χ0n) is 10.9. The molecule has 0 spiro atoms. The molecule has 0 saturated carbocycles. The molecule has 6 nitrogen and oxygen atoms in total. The number of rotatable bonds is 4. The molecule has 1 atom stereocenters. The molecular formula is C12H20N4O2. The zero-order valence-corrected chi connectivity index (χ0v) is 10.9. The Morgan fingerprint density at radius 2 is 2.56 bits per heavy atom. The van der Waals surface area contributed by atoms with Crippen LogP contribution in [-0.2, 0) is 11.3 Å². The number of hydrogen-bond donors (Lipinski definition) is 2. The molecule has 1 aliphatic rings. The van der Waals surface area contributed by atoms with Crippen molar-refractivity contribution in [2.75, 3.05) is 26.2 Å². The molecule has 1 fully saturated rings. The first kappa shape index (κ1) is 13.0. The first-order valence-corrected chi connectivity index (χ1v) is 6.33. The van der Waals surface area contributed by atoms with Crippen molar-refractivity contribution in [1.29, 1.82) is 0 Å². The van der Waals surface area contributed by atoms with Gasteiger partial charge in [-0.3, -0.25) is 9.69 Å². The van der Waals surface area contributed by atoms with E-state index in [1.165, 1.54) is 6.39 Å². The second-order valence-corrected chi connectivity index (χ2v) is 4.44. The van der Waals surface area contributed by atoms with Crippen molar-refractivity contribution in [2.24, 2.45) is 0 Å². The molecule has 0 aromatic carbocycles. The summed E-state index contributed by atoms with van der Waals surface area (Å²) in [6.45, 7) is 7.56. The van der Waals surface area contributed by atoms with Gasteiger partial charge in [0.2, 0.25) is 5.91 Å². The number of amides is 1. The van der Waals surface area contributed by atoms with Crippen molar-refractivity contribution in [1.82, 2.24) is 20.5 Å². The predicted molar refractivity (Wildman–Crippen MR) is 67.0 cm³/mol. The summed E-state index contributed by atoms with van der Waals surface area (Å²) in [5, 5.41) is 6.13. The van der Waals surface area contributed by atoms with E-state index >= 15 is 0 Å². The standard InChI is InChI=1S/C12H20N4O2/c1-3-14-12(17)11-6-13-4-5-16(11)7-10-9(2)18-8-15-10/h8,11,13H,3-7H2,1-2H3,(H,14,17). The van der Waals surface area contributed by atoms with Crippen LogP contribution in [0.3, 0.4) is 0 Å². The predicted octanol–water partition coefficient (Wildman–Crippen LogP) is -0.107. The lowest BCUT2D eigenvalue weighted by Gasteiger charge is -2.34. The Kier molecular flexibility index (Phi) is 4.33. The molecule has 1 amide bonds. The number of carbonyl (C=O) groups is 1. The number of piperazine rings is 1. The number of aromatic nitrogens is 1. The second-order valence-electron chi connectivity index (χ2n) is 4.44. The van der Waals surface area contributed by atoms with E-state index in [9.17, 15) is 4.79 Å². The summed E-state index contributed by atoms with van der Waals surface area (Å²) in [6, 6.07) is -0.130. The lowest BCUT2D eigenvalue weighted by molar-refractivity contribution is -0.127. The van der Waals surface area contributed by atoms with Crippen molar-refractivity contribution in [3.8, 4) is 0 Å². The highest BCUT2D eigenvalue weighted by molar-refractivity contribution is 5.82. The third kappa shape index (κ3) is 2.88. The smallest absolute Gasteiger partial charge is 0.238 e. The minimum atomic E-state index is -0.130. The van der Waals surface area contributed by atoms with E-state index in [1.54, 1.807) is 0 Å². The van der Waals surface area contributed by atoms with Gasteiger partial charge in [-0.05, 0) is 13.8 Å². The van der Waals surface area contributed by atoms with Crippen molar-refractivity contribution in [3.63, 3.8) is 0 Å². The van der Waals surface area contributed by atoms with Crippen LogP contribution < -0.4 is 10.6 Å². The van der Waals surface area contributed by atoms with E-state index in [0.717, 1.165) is 24.5 Å². The third-order valence-corrected chi connectivity index (χ3v) is 3.21. The van der Waals surface area contributed by atoms with Crippen LogP contribution in [0.4, 0.5) is 0 Å². The maximum Gasteiger partial charge on any atom is 0.238 e. The summed E-state index contributed by atoms with van der Waals surface area (Å²) in [6.07, 6.45) is 1.45. The van der Waals surface area contributed by atoms with Gasteiger partial charge in [0.25, 0.3) is 0 Å². The van der Waals surface area contributed by atoms with E-state index in [2.05, 4.69) is 20.5 Å². The number of likely N-dealkylation sites (N-methyl/N-ethyl adjacent to an activating group) is 1. The summed E-state index contributed by atoms with van der Waals surface area (Å²) < 4.78 is 5.20. The Hall–Kier alpha value is -1.40. The first-order chi connectivity index (χ1) is 8.72. The van der Waals surface area contributed by atoms with E-state index in [-0.39, 0.29) is 11.9 Å². The Balaban J connectivity index is 2.04. The van der Waals surface area contributed by atoms with Crippen LogP contribution in [0.25, 0.3) is 0 Å². The van der Waals surface area contributed by atoms with Gasteiger partial charge < -0.3 is 15.1 Å². The monoisotopic (exact) mass is 252 g/mol. The average Bonchev–Trinajstić information content (AvgIpc) is 2.76. The Morgan fingerprint density at radius 1 is 1.72 bits per heavy atom.